The molecule has 0 saturated carbocycles. The minimum absolute atomic E-state index is 0.0680. The Morgan fingerprint density at radius 1 is 0.821 bits per heavy atom. The molecule has 0 aliphatic carbocycles. The standard InChI is InChI=1S/C19H14ClF3NO3P/c20-17-12-11-14(19(21,22)23)13-18(17)24-28(25,26-15-7-3-1-4-8-15)27-16-9-5-2-6-10-16/h1-13H,(H,24,25). The van der Waals surface area contributed by atoms with E-state index in [2.05, 4.69) is 5.09 Å². The van der Waals surface area contributed by atoms with Crippen LogP contribution in [0.3, 0.4) is 0 Å². The molecule has 4 nitrogen and oxygen atoms in total. The predicted molar refractivity (Wildman–Crippen MR) is 102 cm³/mol. The van der Waals surface area contributed by atoms with Crippen LogP contribution in [0.15, 0.2) is 78.9 Å². The van der Waals surface area contributed by atoms with Crippen LogP contribution in [0.5, 0.6) is 11.5 Å². The van der Waals surface area contributed by atoms with Crippen molar-refractivity contribution in [3.63, 3.8) is 0 Å². The van der Waals surface area contributed by atoms with Gasteiger partial charge in [-0.25, -0.2) is 4.57 Å². The van der Waals surface area contributed by atoms with Gasteiger partial charge in [-0.3, -0.25) is 5.09 Å². The molecule has 3 rings (SSSR count). The van der Waals surface area contributed by atoms with Crippen LogP contribution in [0.2, 0.25) is 5.02 Å². The average Bonchev–Trinajstić information content (AvgIpc) is 2.64. The summed E-state index contributed by atoms with van der Waals surface area (Å²) in [5.41, 5.74) is -1.18. The molecule has 0 aromatic heterocycles. The summed E-state index contributed by atoms with van der Waals surface area (Å²) in [6.07, 6.45) is -4.59. The quantitative estimate of drug-likeness (QED) is 0.429. The van der Waals surface area contributed by atoms with Crippen molar-refractivity contribution in [1.29, 1.82) is 0 Å². The van der Waals surface area contributed by atoms with E-state index in [1.807, 2.05) is 0 Å². The third-order valence-corrected chi connectivity index (χ3v) is 5.24. The first-order valence-corrected chi connectivity index (χ1v) is 9.92. The van der Waals surface area contributed by atoms with Gasteiger partial charge in [-0.2, -0.15) is 13.2 Å². The second-order valence-corrected chi connectivity index (χ2v) is 7.60. The highest BCUT2D eigenvalue weighted by molar-refractivity contribution is 7.56. The van der Waals surface area contributed by atoms with Gasteiger partial charge in [0.25, 0.3) is 0 Å². The molecule has 0 aliphatic heterocycles. The molecule has 3 aromatic rings. The number of benzene rings is 3. The molecule has 1 N–H and O–H groups in total. The zero-order chi connectivity index (χ0) is 20.2. The Morgan fingerprint density at radius 3 is 1.79 bits per heavy atom. The van der Waals surface area contributed by atoms with Crippen molar-refractivity contribution in [1.82, 2.24) is 0 Å². The Bertz CT molecular complexity index is 939. The molecule has 28 heavy (non-hydrogen) atoms. The molecule has 0 saturated heterocycles. The van der Waals surface area contributed by atoms with Gasteiger partial charge < -0.3 is 9.05 Å². The van der Waals surface area contributed by atoms with Crippen molar-refractivity contribution in [2.24, 2.45) is 0 Å². The molecule has 3 aromatic carbocycles. The van der Waals surface area contributed by atoms with E-state index in [-0.39, 0.29) is 22.2 Å². The number of alkyl halides is 3. The lowest BCUT2D eigenvalue weighted by molar-refractivity contribution is -0.137. The fourth-order valence-electron chi connectivity index (χ4n) is 2.24. The van der Waals surface area contributed by atoms with Gasteiger partial charge in [0.05, 0.1) is 16.3 Å². The van der Waals surface area contributed by atoms with Gasteiger partial charge in [-0.05, 0) is 42.5 Å². The van der Waals surface area contributed by atoms with Crippen LogP contribution in [0.4, 0.5) is 18.9 Å². The summed E-state index contributed by atoms with van der Waals surface area (Å²) < 4.78 is 63.4. The lowest BCUT2D eigenvalue weighted by atomic mass is 10.2. The lowest BCUT2D eigenvalue weighted by Crippen LogP contribution is -2.11. The Hall–Kier alpha value is -2.63. The smallest absolute Gasteiger partial charge is 0.400 e. The van der Waals surface area contributed by atoms with Crippen LogP contribution >= 0.6 is 19.3 Å². The van der Waals surface area contributed by atoms with Gasteiger partial charge in [-0.1, -0.05) is 48.0 Å². The number of hydrogen-bond donors (Lipinski definition) is 1. The average molecular weight is 428 g/mol. The zero-order valence-electron chi connectivity index (χ0n) is 14.2. The number of halogens is 4. The van der Waals surface area contributed by atoms with E-state index in [1.54, 1.807) is 36.4 Å². The lowest BCUT2D eigenvalue weighted by Gasteiger charge is -2.22. The van der Waals surface area contributed by atoms with E-state index < -0.39 is 19.5 Å². The number of rotatable bonds is 6. The van der Waals surface area contributed by atoms with Crippen LogP contribution in [0.1, 0.15) is 5.56 Å². The molecule has 9 heteroatoms. The fraction of sp³-hybridized carbons (Fsp3) is 0.0526. The Kier molecular flexibility index (Phi) is 5.87. The topological polar surface area (TPSA) is 47.6 Å². The normalized spacial score (nSPS) is 11.7. The number of nitrogens with one attached hydrogen (secondary N) is 1. The van der Waals surface area contributed by atoms with E-state index >= 15 is 0 Å². The maximum absolute atomic E-state index is 13.3. The zero-order valence-corrected chi connectivity index (χ0v) is 15.8. The van der Waals surface area contributed by atoms with E-state index in [0.717, 1.165) is 18.2 Å². The van der Waals surface area contributed by atoms with Crippen molar-refractivity contribution in [2.45, 2.75) is 6.18 Å². The summed E-state index contributed by atoms with van der Waals surface area (Å²) in [4.78, 5) is 0. The number of hydrogen-bond acceptors (Lipinski definition) is 3. The number of para-hydroxylation sites is 2. The van der Waals surface area contributed by atoms with Gasteiger partial charge in [-0.15, -0.1) is 0 Å². The van der Waals surface area contributed by atoms with Crippen LogP contribution in [0.25, 0.3) is 0 Å². The van der Waals surface area contributed by atoms with Crippen molar-refractivity contribution in [3.05, 3.63) is 89.4 Å². The third kappa shape index (κ3) is 5.21. The third-order valence-electron chi connectivity index (χ3n) is 3.49. The molecule has 0 radical (unpaired) electrons. The Balaban J connectivity index is 1.96. The summed E-state index contributed by atoms with van der Waals surface area (Å²) in [5.74, 6) is 0.412. The van der Waals surface area contributed by atoms with Crippen LogP contribution < -0.4 is 14.1 Å². The highest BCUT2D eigenvalue weighted by Crippen LogP contribution is 2.50. The van der Waals surface area contributed by atoms with E-state index in [4.69, 9.17) is 20.6 Å². The van der Waals surface area contributed by atoms with Gasteiger partial charge in [0.1, 0.15) is 11.5 Å². The van der Waals surface area contributed by atoms with Crippen LogP contribution in [0, 0.1) is 0 Å². The maximum atomic E-state index is 13.3. The molecule has 0 fully saturated rings. The molecule has 0 amide bonds. The predicted octanol–water partition coefficient (Wildman–Crippen LogP) is 7.04. The molecule has 0 unspecified atom stereocenters. The largest absolute Gasteiger partial charge is 0.541 e. The van der Waals surface area contributed by atoms with Crippen molar-refractivity contribution < 1.29 is 26.8 Å². The first-order valence-electron chi connectivity index (χ1n) is 7.99. The van der Waals surface area contributed by atoms with Gasteiger partial charge >= 0.3 is 13.9 Å². The molecule has 146 valence electrons. The highest BCUT2D eigenvalue weighted by Gasteiger charge is 2.34. The molecular formula is C19H14ClF3NO3P. The minimum Gasteiger partial charge on any atom is -0.400 e. The van der Waals surface area contributed by atoms with Crippen LogP contribution in [-0.2, 0) is 10.7 Å². The molecule has 0 aliphatic rings. The van der Waals surface area contributed by atoms with Crippen molar-refractivity contribution in [3.8, 4) is 11.5 Å². The summed E-state index contributed by atoms with van der Waals surface area (Å²) >= 11 is 6.00. The molecular weight excluding hydrogens is 414 g/mol. The maximum Gasteiger partial charge on any atom is 0.541 e. The Labute approximate surface area is 164 Å². The van der Waals surface area contributed by atoms with E-state index in [9.17, 15) is 17.7 Å². The first-order chi connectivity index (χ1) is 13.3. The van der Waals surface area contributed by atoms with Gasteiger partial charge in [0.15, 0.2) is 0 Å². The van der Waals surface area contributed by atoms with Crippen molar-refractivity contribution >= 4 is 25.0 Å². The van der Waals surface area contributed by atoms with Crippen molar-refractivity contribution in [2.75, 3.05) is 5.09 Å². The second-order valence-electron chi connectivity index (χ2n) is 5.61. The summed E-state index contributed by atoms with van der Waals surface area (Å²) in [6.45, 7) is 0. The number of anilines is 1. The molecule has 0 heterocycles. The second kappa shape index (κ2) is 8.17. The summed E-state index contributed by atoms with van der Waals surface area (Å²) in [6, 6.07) is 18.9. The highest BCUT2D eigenvalue weighted by atomic mass is 35.5. The SMILES string of the molecule is O=P(Nc1cc(C(F)(F)F)ccc1Cl)(Oc1ccccc1)Oc1ccccc1. The van der Waals surface area contributed by atoms with E-state index in [0.29, 0.717) is 0 Å². The molecule has 0 bridgehead atoms. The van der Waals surface area contributed by atoms with Crippen LogP contribution in [-0.4, -0.2) is 0 Å². The Morgan fingerprint density at radius 2 is 1.32 bits per heavy atom. The fourth-order valence-corrected chi connectivity index (χ4v) is 3.88. The molecule has 0 spiro atoms. The monoisotopic (exact) mass is 427 g/mol. The summed E-state index contributed by atoms with van der Waals surface area (Å²) in [7, 11) is -4.19. The first kappa shape index (κ1) is 20.1. The minimum atomic E-state index is -4.59. The van der Waals surface area contributed by atoms with Gasteiger partial charge in [0.2, 0.25) is 0 Å². The molecule has 0 atom stereocenters. The summed E-state index contributed by atoms with van der Waals surface area (Å²) in [5, 5.41) is 2.34. The van der Waals surface area contributed by atoms with Gasteiger partial charge in [0, 0.05) is 0 Å². The van der Waals surface area contributed by atoms with E-state index in [1.165, 1.54) is 24.3 Å².